The van der Waals surface area contributed by atoms with E-state index in [0.29, 0.717) is 12.5 Å². The molecule has 0 aromatic heterocycles. The predicted molar refractivity (Wildman–Crippen MR) is 71.9 cm³/mol. The maximum atomic E-state index is 11.8. The highest BCUT2D eigenvalue weighted by molar-refractivity contribution is 5.99. The molecule has 0 bridgehead atoms. The Morgan fingerprint density at radius 1 is 1.50 bits per heavy atom. The van der Waals surface area contributed by atoms with Gasteiger partial charge in [-0.2, -0.15) is 0 Å². The third-order valence-corrected chi connectivity index (χ3v) is 3.35. The number of benzene rings is 1. The Morgan fingerprint density at radius 3 is 2.89 bits per heavy atom. The van der Waals surface area contributed by atoms with Crippen molar-refractivity contribution in [2.45, 2.75) is 26.4 Å². The molecule has 1 aromatic rings. The van der Waals surface area contributed by atoms with E-state index in [1.807, 2.05) is 18.2 Å². The summed E-state index contributed by atoms with van der Waals surface area (Å²) < 4.78 is 5.65. The number of hydrogen-bond donors (Lipinski definition) is 1. The van der Waals surface area contributed by atoms with E-state index in [1.165, 1.54) is 5.56 Å². The van der Waals surface area contributed by atoms with Gasteiger partial charge in [-0.1, -0.05) is 13.0 Å². The molecule has 1 heterocycles. The molecule has 2 N–H and O–H groups in total. The Kier molecular flexibility index (Phi) is 3.57. The van der Waals surface area contributed by atoms with Crippen molar-refractivity contribution in [1.82, 2.24) is 0 Å². The first kappa shape index (κ1) is 12.9. The molecule has 1 amide bonds. The van der Waals surface area contributed by atoms with Crippen molar-refractivity contribution in [3.63, 3.8) is 0 Å². The number of carbonyl (C=O) groups excluding carboxylic acids is 1. The number of nitrogens with two attached hydrogens (primary N) is 1. The number of likely N-dealkylation sites (N-methyl/N-ethyl adjacent to an activating group) is 1. The number of amides is 1. The summed E-state index contributed by atoms with van der Waals surface area (Å²) in [6.45, 7) is 4.57. The topological polar surface area (TPSA) is 55.6 Å². The van der Waals surface area contributed by atoms with Crippen LogP contribution in [0.1, 0.15) is 19.4 Å². The smallest absolute Gasteiger partial charge is 0.267 e. The summed E-state index contributed by atoms with van der Waals surface area (Å²) in [4.78, 5) is 13.4. The number of nitrogens with zero attached hydrogens (tertiary/aromatic N) is 1. The summed E-state index contributed by atoms with van der Waals surface area (Å²) in [7, 11) is 1.78. The van der Waals surface area contributed by atoms with Crippen LogP contribution in [0.3, 0.4) is 0 Å². The Morgan fingerprint density at radius 2 is 2.22 bits per heavy atom. The van der Waals surface area contributed by atoms with Crippen molar-refractivity contribution >= 4 is 11.6 Å². The minimum absolute atomic E-state index is 0.00873. The molecular weight excluding hydrogens is 228 g/mol. The normalized spacial score (nSPS) is 20.3. The molecule has 1 aliphatic heterocycles. The van der Waals surface area contributed by atoms with Crippen LogP contribution >= 0.6 is 0 Å². The third kappa shape index (κ3) is 2.34. The van der Waals surface area contributed by atoms with Gasteiger partial charge in [0.15, 0.2) is 6.10 Å². The van der Waals surface area contributed by atoms with E-state index in [4.69, 9.17) is 10.5 Å². The highest BCUT2D eigenvalue weighted by atomic mass is 16.5. The van der Waals surface area contributed by atoms with Gasteiger partial charge >= 0.3 is 0 Å². The maximum absolute atomic E-state index is 11.8. The lowest BCUT2D eigenvalue weighted by molar-refractivity contribution is -0.125. The Balaban J connectivity index is 2.27. The maximum Gasteiger partial charge on any atom is 0.267 e. The molecule has 1 aromatic carbocycles. The number of ether oxygens (including phenoxy) is 1. The van der Waals surface area contributed by atoms with E-state index in [1.54, 1.807) is 18.9 Å². The van der Waals surface area contributed by atoms with Crippen molar-refractivity contribution in [2.24, 2.45) is 11.7 Å². The van der Waals surface area contributed by atoms with Crippen LogP contribution in [-0.4, -0.2) is 25.6 Å². The largest absolute Gasteiger partial charge is 0.479 e. The highest BCUT2D eigenvalue weighted by Gasteiger charge is 2.28. The Hall–Kier alpha value is -1.55. The first-order valence-corrected chi connectivity index (χ1v) is 6.30. The van der Waals surface area contributed by atoms with Crippen LogP contribution in [0, 0.1) is 5.92 Å². The average Bonchev–Trinajstić information content (AvgIpc) is 2.35. The van der Waals surface area contributed by atoms with Crippen LogP contribution in [-0.2, 0) is 11.2 Å². The van der Waals surface area contributed by atoms with Gasteiger partial charge in [-0.05, 0) is 43.5 Å². The Labute approximate surface area is 108 Å². The second-order valence-corrected chi connectivity index (χ2v) is 5.00. The highest BCUT2D eigenvalue weighted by Crippen LogP contribution is 2.34. The predicted octanol–water partition coefficient (Wildman–Crippen LogP) is 1.57. The molecule has 1 aliphatic rings. The van der Waals surface area contributed by atoms with Crippen LogP contribution < -0.4 is 15.4 Å². The first-order chi connectivity index (χ1) is 8.52. The molecule has 0 fully saturated rings. The van der Waals surface area contributed by atoms with Crippen molar-refractivity contribution in [3.8, 4) is 5.75 Å². The summed E-state index contributed by atoms with van der Waals surface area (Å²) >= 11 is 0. The SMILES string of the molecule is CC(CN)Cc1ccc2c(c1)OC(C)C(=O)N2C. The van der Waals surface area contributed by atoms with Gasteiger partial charge < -0.3 is 15.4 Å². The van der Waals surface area contributed by atoms with Crippen molar-refractivity contribution < 1.29 is 9.53 Å². The summed E-state index contributed by atoms with van der Waals surface area (Å²) in [5.41, 5.74) is 7.67. The molecule has 2 rings (SSSR count). The summed E-state index contributed by atoms with van der Waals surface area (Å²) in [5.74, 6) is 1.22. The fourth-order valence-corrected chi connectivity index (χ4v) is 2.17. The second-order valence-electron chi connectivity index (χ2n) is 5.00. The van der Waals surface area contributed by atoms with Gasteiger partial charge in [0.25, 0.3) is 5.91 Å². The molecule has 98 valence electrons. The zero-order chi connectivity index (χ0) is 13.3. The van der Waals surface area contributed by atoms with Crippen LogP contribution in [0.2, 0.25) is 0 Å². The van der Waals surface area contributed by atoms with Gasteiger partial charge in [0.1, 0.15) is 5.75 Å². The zero-order valence-electron chi connectivity index (χ0n) is 11.1. The molecule has 2 unspecified atom stereocenters. The molecule has 2 atom stereocenters. The van der Waals surface area contributed by atoms with E-state index < -0.39 is 6.10 Å². The summed E-state index contributed by atoms with van der Waals surface area (Å²) in [6, 6.07) is 5.99. The van der Waals surface area contributed by atoms with Gasteiger partial charge in [-0.3, -0.25) is 4.79 Å². The van der Waals surface area contributed by atoms with Crippen molar-refractivity contribution in [2.75, 3.05) is 18.5 Å². The second kappa shape index (κ2) is 4.98. The van der Waals surface area contributed by atoms with Crippen LogP contribution in [0.25, 0.3) is 0 Å². The van der Waals surface area contributed by atoms with Crippen LogP contribution in [0.4, 0.5) is 5.69 Å². The van der Waals surface area contributed by atoms with Gasteiger partial charge in [0, 0.05) is 7.05 Å². The van der Waals surface area contributed by atoms with Crippen LogP contribution in [0.5, 0.6) is 5.75 Å². The van der Waals surface area contributed by atoms with Gasteiger partial charge in [-0.25, -0.2) is 0 Å². The molecule has 0 spiro atoms. The zero-order valence-corrected chi connectivity index (χ0v) is 11.1. The Bertz CT molecular complexity index is 459. The van der Waals surface area contributed by atoms with E-state index in [0.717, 1.165) is 17.9 Å². The molecule has 0 saturated carbocycles. The lowest BCUT2D eigenvalue weighted by Gasteiger charge is -2.30. The quantitative estimate of drug-likeness (QED) is 0.883. The number of rotatable bonds is 3. The lowest BCUT2D eigenvalue weighted by Crippen LogP contribution is -2.41. The minimum Gasteiger partial charge on any atom is -0.479 e. The molecule has 0 radical (unpaired) electrons. The molecule has 4 nitrogen and oxygen atoms in total. The minimum atomic E-state index is -0.412. The van der Waals surface area contributed by atoms with E-state index in [-0.39, 0.29) is 5.91 Å². The van der Waals surface area contributed by atoms with E-state index in [2.05, 4.69) is 6.92 Å². The fourth-order valence-electron chi connectivity index (χ4n) is 2.17. The molecule has 0 saturated heterocycles. The molecular formula is C14H20N2O2. The fraction of sp³-hybridized carbons (Fsp3) is 0.500. The lowest BCUT2D eigenvalue weighted by atomic mass is 10.00. The number of hydrogen-bond acceptors (Lipinski definition) is 3. The van der Waals surface area contributed by atoms with E-state index >= 15 is 0 Å². The molecule has 18 heavy (non-hydrogen) atoms. The monoisotopic (exact) mass is 248 g/mol. The van der Waals surface area contributed by atoms with Gasteiger partial charge in [0.2, 0.25) is 0 Å². The first-order valence-electron chi connectivity index (χ1n) is 6.30. The van der Waals surface area contributed by atoms with Gasteiger partial charge in [0.05, 0.1) is 5.69 Å². The van der Waals surface area contributed by atoms with Crippen LogP contribution in [0.15, 0.2) is 18.2 Å². The number of carbonyl (C=O) groups is 1. The summed E-state index contributed by atoms with van der Waals surface area (Å²) in [6.07, 6.45) is 0.517. The number of fused-ring (bicyclic) bond motifs is 1. The summed E-state index contributed by atoms with van der Waals surface area (Å²) in [5, 5.41) is 0. The number of anilines is 1. The average molecular weight is 248 g/mol. The molecule has 4 heteroatoms. The van der Waals surface area contributed by atoms with Crippen molar-refractivity contribution in [3.05, 3.63) is 23.8 Å². The molecule has 0 aliphatic carbocycles. The third-order valence-electron chi connectivity index (χ3n) is 3.35. The standard InChI is InChI=1S/C14H20N2O2/c1-9(8-15)6-11-4-5-12-13(7-11)18-10(2)14(17)16(12)3/h4-5,7,9-10H,6,8,15H2,1-3H3. The van der Waals surface area contributed by atoms with Gasteiger partial charge in [-0.15, -0.1) is 0 Å². The van der Waals surface area contributed by atoms with Crippen molar-refractivity contribution in [1.29, 1.82) is 0 Å². The van der Waals surface area contributed by atoms with E-state index in [9.17, 15) is 4.79 Å².